The van der Waals surface area contributed by atoms with Gasteiger partial charge in [0.15, 0.2) is 0 Å². The standard InChI is InChI=1S/C11H12N6O.ClH/c12-3-4-17-10(11(13)18)6-1-2-8-7(5-14-15-8)9(6)16-17;/h1-2,5H,3-4,12H2,(H2,13,18)(H,14,15);1H. The van der Waals surface area contributed by atoms with Crippen LogP contribution in [-0.2, 0) is 6.54 Å². The summed E-state index contributed by atoms with van der Waals surface area (Å²) >= 11 is 0. The Bertz CT molecular complexity index is 746. The molecule has 0 bridgehead atoms. The Labute approximate surface area is 114 Å². The van der Waals surface area contributed by atoms with Gasteiger partial charge >= 0.3 is 0 Å². The average molecular weight is 281 g/mol. The number of H-pyrrole nitrogens is 1. The van der Waals surface area contributed by atoms with E-state index in [1.54, 1.807) is 10.9 Å². The Balaban J connectivity index is 0.00000133. The molecule has 0 aliphatic heterocycles. The van der Waals surface area contributed by atoms with Crippen LogP contribution in [-0.4, -0.2) is 32.4 Å². The third-order valence-electron chi connectivity index (χ3n) is 2.90. The van der Waals surface area contributed by atoms with Crippen LogP contribution in [0.4, 0.5) is 0 Å². The lowest BCUT2D eigenvalue weighted by molar-refractivity contribution is 0.0991. The lowest BCUT2D eigenvalue weighted by atomic mass is 10.1. The number of nitrogens with zero attached hydrogens (tertiary/aromatic N) is 3. The van der Waals surface area contributed by atoms with Gasteiger partial charge in [-0.25, -0.2) is 0 Å². The fraction of sp³-hybridized carbons (Fsp3) is 0.182. The third kappa shape index (κ3) is 1.92. The van der Waals surface area contributed by atoms with Crippen LogP contribution in [0.25, 0.3) is 21.8 Å². The van der Waals surface area contributed by atoms with E-state index in [4.69, 9.17) is 11.5 Å². The summed E-state index contributed by atoms with van der Waals surface area (Å²) in [5, 5.41) is 12.8. The van der Waals surface area contributed by atoms with Gasteiger partial charge in [0.05, 0.1) is 18.3 Å². The number of hydrogen-bond donors (Lipinski definition) is 3. The monoisotopic (exact) mass is 280 g/mol. The molecule has 0 spiro atoms. The smallest absolute Gasteiger partial charge is 0.267 e. The molecule has 8 heteroatoms. The van der Waals surface area contributed by atoms with Crippen molar-refractivity contribution in [2.24, 2.45) is 11.5 Å². The Morgan fingerprint density at radius 3 is 2.84 bits per heavy atom. The van der Waals surface area contributed by atoms with Crippen molar-refractivity contribution in [2.75, 3.05) is 6.54 Å². The molecule has 5 N–H and O–H groups in total. The number of fused-ring (bicyclic) bond motifs is 3. The zero-order chi connectivity index (χ0) is 12.7. The summed E-state index contributed by atoms with van der Waals surface area (Å²) in [5.41, 5.74) is 12.9. The number of rotatable bonds is 3. The average Bonchev–Trinajstić information content (AvgIpc) is 2.90. The third-order valence-corrected chi connectivity index (χ3v) is 2.90. The summed E-state index contributed by atoms with van der Waals surface area (Å²) in [6.07, 6.45) is 1.68. The van der Waals surface area contributed by atoms with E-state index in [9.17, 15) is 4.79 Å². The fourth-order valence-electron chi connectivity index (χ4n) is 2.16. The predicted molar refractivity (Wildman–Crippen MR) is 74.2 cm³/mol. The van der Waals surface area contributed by atoms with E-state index < -0.39 is 5.91 Å². The first-order valence-corrected chi connectivity index (χ1v) is 5.55. The first-order chi connectivity index (χ1) is 8.72. The summed E-state index contributed by atoms with van der Waals surface area (Å²) in [4.78, 5) is 11.5. The molecule has 0 saturated heterocycles. The molecular formula is C11H13ClN6O. The van der Waals surface area contributed by atoms with Crippen molar-refractivity contribution in [1.82, 2.24) is 20.0 Å². The molecular weight excluding hydrogens is 268 g/mol. The minimum Gasteiger partial charge on any atom is -0.364 e. The highest BCUT2D eigenvalue weighted by Gasteiger charge is 2.17. The van der Waals surface area contributed by atoms with Crippen LogP contribution < -0.4 is 11.5 Å². The number of carbonyl (C=O) groups is 1. The molecule has 0 atom stereocenters. The zero-order valence-corrected chi connectivity index (χ0v) is 10.8. The van der Waals surface area contributed by atoms with Gasteiger partial charge in [-0.05, 0) is 12.1 Å². The van der Waals surface area contributed by atoms with Crippen molar-refractivity contribution < 1.29 is 4.79 Å². The minimum atomic E-state index is -0.506. The second kappa shape index (κ2) is 4.87. The molecule has 0 saturated carbocycles. The van der Waals surface area contributed by atoms with Crippen LogP contribution in [0.3, 0.4) is 0 Å². The van der Waals surface area contributed by atoms with E-state index in [0.29, 0.717) is 24.3 Å². The van der Waals surface area contributed by atoms with Crippen molar-refractivity contribution in [2.45, 2.75) is 6.54 Å². The van der Waals surface area contributed by atoms with Gasteiger partial charge in [-0.3, -0.25) is 14.6 Å². The molecule has 0 fully saturated rings. The molecule has 100 valence electrons. The first kappa shape index (κ1) is 13.3. The highest BCUT2D eigenvalue weighted by Crippen LogP contribution is 2.25. The van der Waals surface area contributed by atoms with Crippen molar-refractivity contribution in [1.29, 1.82) is 0 Å². The molecule has 19 heavy (non-hydrogen) atoms. The molecule has 0 unspecified atom stereocenters. The minimum absolute atomic E-state index is 0. The van der Waals surface area contributed by atoms with E-state index >= 15 is 0 Å². The number of carbonyl (C=O) groups excluding carboxylic acids is 1. The van der Waals surface area contributed by atoms with Gasteiger partial charge < -0.3 is 11.5 Å². The van der Waals surface area contributed by atoms with E-state index in [2.05, 4.69) is 15.3 Å². The lowest BCUT2D eigenvalue weighted by Gasteiger charge is -2.01. The summed E-state index contributed by atoms with van der Waals surface area (Å²) in [6.45, 7) is 0.842. The molecule has 3 aromatic rings. The number of hydrogen-bond acceptors (Lipinski definition) is 4. The lowest BCUT2D eigenvalue weighted by Crippen LogP contribution is -2.21. The van der Waals surface area contributed by atoms with Crippen LogP contribution in [0.2, 0.25) is 0 Å². The predicted octanol–water partition coefficient (Wildman–Crippen LogP) is 0.392. The molecule has 0 aliphatic carbocycles. The Hall–Kier alpha value is -2.12. The summed E-state index contributed by atoms with van der Waals surface area (Å²) in [5.74, 6) is -0.506. The number of nitrogens with one attached hydrogen (secondary N) is 1. The van der Waals surface area contributed by atoms with Gasteiger partial charge in [-0.1, -0.05) is 0 Å². The maximum atomic E-state index is 11.5. The molecule has 3 rings (SSSR count). The van der Waals surface area contributed by atoms with Crippen molar-refractivity contribution >= 4 is 40.1 Å². The molecule has 0 radical (unpaired) electrons. The van der Waals surface area contributed by atoms with Crippen molar-refractivity contribution in [3.05, 3.63) is 24.0 Å². The van der Waals surface area contributed by atoms with E-state index in [0.717, 1.165) is 16.3 Å². The van der Waals surface area contributed by atoms with Gasteiger partial charge in [0.25, 0.3) is 5.91 Å². The maximum Gasteiger partial charge on any atom is 0.267 e. The number of amides is 1. The number of primary amides is 1. The first-order valence-electron chi connectivity index (χ1n) is 5.55. The highest BCUT2D eigenvalue weighted by atomic mass is 35.5. The molecule has 2 heterocycles. The van der Waals surface area contributed by atoms with Gasteiger partial charge in [-0.15, -0.1) is 12.4 Å². The zero-order valence-electron chi connectivity index (χ0n) is 9.96. The van der Waals surface area contributed by atoms with E-state index in [-0.39, 0.29) is 12.4 Å². The second-order valence-corrected chi connectivity index (χ2v) is 4.02. The molecule has 7 nitrogen and oxygen atoms in total. The Kier molecular flexibility index (Phi) is 3.41. The normalized spacial score (nSPS) is 10.8. The van der Waals surface area contributed by atoms with Crippen molar-refractivity contribution in [3.63, 3.8) is 0 Å². The number of aromatic nitrogens is 4. The molecule has 1 amide bonds. The SMILES string of the molecule is Cl.NCCn1nc2c(ccc3[nH]ncc32)c1C(N)=O. The van der Waals surface area contributed by atoms with Crippen molar-refractivity contribution in [3.8, 4) is 0 Å². The highest BCUT2D eigenvalue weighted by molar-refractivity contribution is 6.12. The van der Waals surface area contributed by atoms with Gasteiger partial charge in [0.2, 0.25) is 0 Å². The number of nitrogens with two attached hydrogens (primary N) is 2. The van der Waals surface area contributed by atoms with Crippen LogP contribution >= 0.6 is 12.4 Å². The molecule has 2 aromatic heterocycles. The van der Waals surface area contributed by atoms with Gasteiger partial charge in [0, 0.05) is 17.3 Å². The van der Waals surface area contributed by atoms with Crippen LogP contribution in [0.5, 0.6) is 0 Å². The summed E-state index contributed by atoms with van der Waals surface area (Å²) in [6, 6.07) is 3.67. The van der Waals surface area contributed by atoms with E-state index in [1.807, 2.05) is 12.1 Å². The van der Waals surface area contributed by atoms with Crippen LogP contribution in [0.1, 0.15) is 10.5 Å². The Morgan fingerprint density at radius 1 is 1.37 bits per heavy atom. The summed E-state index contributed by atoms with van der Waals surface area (Å²) < 4.78 is 1.56. The maximum absolute atomic E-state index is 11.5. The number of halogens is 1. The van der Waals surface area contributed by atoms with Gasteiger partial charge in [0.1, 0.15) is 11.2 Å². The van der Waals surface area contributed by atoms with Gasteiger partial charge in [-0.2, -0.15) is 10.2 Å². The molecule has 1 aromatic carbocycles. The second-order valence-electron chi connectivity index (χ2n) is 4.02. The van der Waals surface area contributed by atoms with Crippen LogP contribution in [0, 0.1) is 0 Å². The largest absolute Gasteiger partial charge is 0.364 e. The number of aromatic amines is 1. The quantitative estimate of drug-likeness (QED) is 0.643. The van der Waals surface area contributed by atoms with Crippen LogP contribution in [0.15, 0.2) is 18.3 Å². The Morgan fingerprint density at radius 2 is 2.16 bits per heavy atom. The topological polar surface area (TPSA) is 116 Å². The summed E-state index contributed by atoms with van der Waals surface area (Å²) in [7, 11) is 0. The number of benzene rings is 1. The fourth-order valence-corrected chi connectivity index (χ4v) is 2.16. The molecule has 0 aliphatic rings. The van der Waals surface area contributed by atoms with E-state index in [1.165, 1.54) is 0 Å².